The molecule has 0 aliphatic carbocycles. The largest absolute Gasteiger partial charge is 0.378 e. The van der Waals surface area contributed by atoms with Gasteiger partial charge < -0.3 is 15.0 Å². The van der Waals surface area contributed by atoms with Gasteiger partial charge in [-0.2, -0.15) is 0 Å². The number of nitrogens with one attached hydrogen (secondary N) is 1. The summed E-state index contributed by atoms with van der Waals surface area (Å²) in [5.41, 5.74) is 2.40. The summed E-state index contributed by atoms with van der Waals surface area (Å²) in [4.78, 5) is 13.4. The van der Waals surface area contributed by atoms with Crippen LogP contribution in [-0.2, 0) is 16.0 Å². The summed E-state index contributed by atoms with van der Waals surface area (Å²) in [6.07, 6.45) is 0.839. The number of carbonyl (C=O) groups is 1. The number of benzene rings is 1. The van der Waals surface area contributed by atoms with Gasteiger partial charge in [0.1, 0.15) is 6.61 Å². The van der Waals surface area contributed by atoms with E-state index in [1.54, 1.807) is 0 Å². The third kappa shape index (κ3) is 5.19. The summed E-state index contributed by atoms with van der Waals surface area (Å²) < 4.78 is 5.02. The highest BCUT2D eigenvalue weighted by Crippen LogP contribution is 2.12. The van der Waals surface area contributed by atoms with Crippen LogP contribution in [0.15, 0.2) is 24.3 Å². The lowest BCUT2D eigenvalue weighted by molar-refractivity contribution is -0.125. The maximum absolute atomic E-state index is 11.3. The summed E-state index contributed by atoms with van der Waals surface area (Å²) >= 11 is 0. The Kier molecular flexibility index (Phi) is 6.22. The van der Waals surface area contributed by atoms with Gasteiger partial charge >= 0.3 is 0 Å². The van der Waals surface area contributed by atoms with Crippen molar-refractivity contribution in [2.45, 2.75) is 13.3 Å². The van der Waals surface area contributed by atoms with E-state index in [2.05, 4.69) is 34.5 Å². The first kappa shape index (κ1) is 14.5. The molecule has 1 N–H and O–H groups in total. The number of anilines is 1. The lowest BCUT2D eigenvalue weighted by atomic mass is 10.1. The Morgan fingerprint density at radius 3 is 2.50 bits per heavy atom. The Hall–Kier alpha value is -1.55. The predicted octanol–water partition coefficient (Wildman–Crippen LogP) is 1.45. The molecule has 0 unspecified atom stereocenters. The maximum Gasteiger partial charge on any atom is 0.246 e. The van der Waals surface area contributed by atoms with Crippen molar-refractivity contribution in [2.24, 2.45) is 0 Å². The van der Waals surface area contributed by atoms with E-state index < -0.39 is 0 Å². The summed E-state index contributed by atoms with van der Waals surface area (Å²) in [6, 6.07) is 8.34. The fourth-order valence-electron chi connectivity index (χ4n) is 1.55. The summed E-state index contributed by atoms with van der Waals surface area (Å²) in [6.45, 7) is 3.24. The molecule has 100 valence electrons. The van der Waals surface area contributed by atoms with E-state index in [1.807, 2.05) is 21.0 Å². The van der Waals surface area contributed by atoms with E-state index in [4.69, 9.17) is 4.74 Å². The molecule has 1 aromatic rings. The van der Waals surface area contributed by atoms with Crippen molar-refractivity contribution in [2.75, 3.05) is 38.8 Å². The van der Waals surface area contributed by atoms with Crippen molar-refractivity contribution in [3.8, 4) is 0 Å². The lowest BCUT2D eigenvalue weighted by Gasteiger charge is -2.12. The third-order valence-electron chi connectivity index (χ3n) is 2.63. The number of amides is 1. The van der Waals surface area contributed by atoms with Crippen molar-refractivity contribution in [1.29, 1.82) is 0 Å². The Balaban J connectivity index is 2.29. The number of ether oxygens (including phenoxy) is 1. The molecule has 0 heterocycles. The molecular formula is C14H22N2O2. The first-order chi connectivity index (χ1) is 8.63. The van der Waals surface area contributed by atoms with Crippen LogP contribution in [-0.4, -0.2) is 39.8 Å². The highest BCUT2D eigenvalue weighted by atomic mass is 16.5. The van der Waals surface area contributed by atoms with Crippen LogP contribution < -0.4 is 10.2 Å². The fourth-order valence-corrected chi connectivity index (χ4v) is 1.55. The number of hydrogen-bond acceptors (Lipinski definition) is 3. The van der Waals surface area contributed by atoms with E-state index in [0.717, 1.165) is 6.42 Å². The SMILES string of the molecule is CCOCC(=O)NCCc1ccc(N(C)C)cc1. The van der Waals surface area contributed by atoms with E-state index >= 15 is 0 Å². The Bertz CT molecular complexity index is 361. The zero-order valence-corrected chi connectivity index (χ0v) is 11.4. The van der Waals surface area contributed by atoms with Gasteiger partial charge in [-0.05, 0) is 31.0 Å². The van der Waals surface area contributed by atoms with Gasteiger partial charge in [0.25, 0.3) is 0 Å². The quantitative estimate of drug-likeness (QED) is 0.796. The van der Waals surface area contributed by atoms with Gasteiger partial charge in [-0.3, -0.25) is 4.79 Å². The maximum atomic E-state index is 11.3. The highest BCUT2D eigenvalue weighted by molar-refractivity contribution is 5.77. The minimum atomic E-state index is -0.0539. The van der Waals surface area contributed by atoms with Crippen molar-refractivity contribution in [1.82, 2.24) is 5.32 Å². The molecule has 0 aliphatic rings. The Morgan fingerprint density at radius 1 is 1.28 bits per heavy atom. The van der Waals surface area contributed by atoms with E-state index in [0.29, 0.717) is 13.2 Å². The molecule has 0 bridgehead atoms. The van der Waals surface area contributed by atoms with Crippen LogP contribution in [0.5, 0.6) is 0 Å². The van der Waals surface area contributed by atoms with Crippen molar-refractivity contribution in [3.63, 3.8) is 0 Å². The first-order valence-corrected chi connectivity index (χ1v) is 6.24. The molecule has 0 saturated heterocycles. The second-order valence-corrected chi connectivity index (χ2v) is 4.30. The smallest absolute Gasteiger partial charge is 0.246 e. The van der Waals surface area contributed by atoms with Crippen molar-refractivity contribution in [3.05, 3.63) is 29.8 Å². The van der Waals surface area contributed by atoms with Gasteiger partial charge in [-0.15, -0.1) is 0 Å². The molecule has 0 radical (unpaired) electrons. The molecule has 0 aromatic heterocycles. The number of rotatable bonds is 7. The average molecular weight is 250 g/mol. The van der Waals surface area contributed by atoms with E-state index in [-0.39, 0.29) is 12.5 Å². The van der Waals surface area contributed by atoms with Crippen LogP contribution in [0.4, 0.5) is 5.69 Å². The third-order valence-corrected chi connectivity index (χ3v) is 2.63. The normalized spacial score (nSPS) is 10.2. The molecule has 0 atom stereocenters. The topological polar surface area (TPSA) is 41.6 Å². The summed E-state index contributed by atoms with van der Waals surface area (Å²) in [5, 5.41) is 2.83. The molecule has 4 heteroatoms. The summed E-state index contributed by atoms with van der Waals surface area (Å²) in [5.74, 6) is -0.0539. The monoisotopic (exact) mass is 250 g/mol. The Labute approximate surface area is 109 Å². The van der Waals surface area contributed by atoms with E-state index in [9.17, 15) is 4.79 Å². The van der Waals surface area contributed by atoms with Crippen LogP contribution in [0.1, 0.15) is 12.5 Å². The second kappa shape index (κ2) is 7.71. The minimum Gasteiger partial charge on any atom is -0.378 e. The molecule has 0 saturated carbocycles. The minimum absolute atomic E-state index is 0.0539. The molecule has 1 aromatic carbocycles. The van der Waals surface area contributed by atoms with E-state index in [1.165, 1.54) is 11.3 Å². The molecule has 4 nitrogen and oxygen atoms in total. The molecule has 18 heavy (non-hydrogen) atoms. The molecule has 1 amide bonds. The highest BCUT2D eigenvalue weighted by Gasteiger charge is 2.00. The molecule has 0 fully saturated rings. The van der Waals surface area contributed by atoms with Crippen LogP contribution in [0.2, 0.25) is 0 Å². The van der Waals surface area contributed by atoms with Crippen LogP contribution in [0.3, 0.4) is 0 Å². The fraction of sp³-hybridized carbons (Fsp3) is 0.500. The van der Waals surface area contributed by atoms with Crippen molar-refractivity contribution < 1.29 is 9.53 Å². The van der Waals surface area contributed by atoms with Crippen LogP contribution in [0.25, 0.3) is 0 Å². The average Bonchev–Trinajstić information content (AvgIpc) is 2.37. The first-order valence-electron chi connectivity index (χ1n) is 6.24. The molecule has 0 aliphatic heterocycles. The van der Waals surface area contributed by atoms with Gasteiger partial charge in [-0.1, -0.05) is 12.1 Å². The van der Waals surface area contributed by atoms with Gasteiger partial charge in [0, 0.05) is 32.9 Å². The standard InChI is InChI=1S/C14H22N2O2/c1-4-18-11-14(17)15-10-9-12-5-7-13(8-6-12)16(2)3/h5-8H,4,9-11H2,1-3H3,(H,15,17). The zero-order valence-electron chi connectivity index (χ0n) is 11.4. The number of carbonyl (C=O) groups excluding carboxylic acids is 1. The van der Waals surface area contributed by atoms with Gasteiger partial charge in [0.05, 0.1) is 0 Å². The van der Waals surface area contributed by atoms with Gasteiger partial charge in [-0.25, -0.2) is 0 Å². The predicted molar refractivity (Wildman–Crippen MR) is 74.0 cm³/mol. The lowest BCUT2D eigenvalue weighted by Crippen LogP contribution is -2.29. The Morgan fingerprint density at radius 2 is 1.94 bits per heavy atom. The second-order valence-electron chi connectivity index (χ2n) is 4.30. The van der Waals surface area contributed by atoms with Crippen molar-refractivity contribution >= 4 is 11.6 Å². The molecule has 0 spiro atoms. The van der Waals surface area contributed by atoms with Crippen LogP contribution >= 0.6 is 0 Å². The summed E-state index contributed by atoms with van der Waals surface area (Å²) in [7, 11) is 4.03. The molecule has 1 rings (SSSR count). The number of hydrogen-bond donors (Lipinski definition) is 1. The zero-order chi connectivity index (χ0) is 13.4. The van der Waals surface area contributed by atoms with Crippen LogP contribution in [0, 0.1) is 0 Å². The van der Waals surface area contributed by atoms with Gasteiger partial charge in [0.2, 0.25) is 5.91 Å². The molecular weight excluding hydrogens is 228 g/mol. The van der Waals surface area contributed by atoms with Gasteiger partial charge in [0.15, 0.2) is 0 Å². The number of nitrogens with zero attached hydrogens (tertiary/aromatic N) is 1.